The Morgan fingerprint density at radius 2 is 1.73 bits per heavy atom. The van der Waals surface area contributed by atoms with Crippen LogP contribution in [0.3, 0.4) is 0 Å². The number of carbonyl (C=O) groups is 2. The third-order valence-corrected chi connectivity index (χ3v) is 11.2. The van der Waals surface area contributed by atoms with Crippen LogP contribution in [0.2, 0.25) is 0 Å². The second-order valence-corrected chi connectivity index (χ2v) is 14.8. The molecule has 2 aromatic heterocycles. The summed E-state index contributed by atoms with van der Waals surface area (Å²) in [4.78, 5) is 39.1. The van der Waals surface area contributed by atoms with E-state index in [-0.39, 0.29) is 29.1 Å². The monoisotopic (exact) mass is 608 g/mol. The first-order valence-electron chi connectivity index (χ1n) is 15.8. The lowest BCUT2D eigenvalue weighted by atomic mass is 9.87. The molecule has 1 saturated heterocycles. The summed E-state index contributed by atoms with van der Waals surface area (Å²) in [6, 6.07) is 16.6. The SMILES string of the molecule is Cc1cc(C)c(NC(=O)C2(N(Cc3cccnc3)C(=O)C[C@H]3[C@@H](c4c(C)[nH]c5ccccc45)C3(C)C)CCSCC2)c(C)c1. The molecule has 2 atom stereocenters. The highest BCUT2D eigenvalue weighted by Crippen LogP contribution is 2.67. The number of fused-ring (bicyclic) bond motifs is 1. The molecule has 0 spiro atoms. The molecule has 1 aliphatic heterocycles. The van der Waals surface area contributed by atoms with Crippen molar-refractivity contribution in [3.05, 3.63) is 94.4 Å². The molecule has 230 valence electrons. The summed E-state index contributed by atoms with van der Waals surface area (Å²) >= 11 is 1.86. The Labute approximate surface area is 265 Å². The Hall–Kier alpha value is -3.58. The fourth-order valence-corrected chi connectivity index (χ4v) is 8.95. The number of aromatic nitrogens is 2. The number of nitrogens with one attached hydrogen (secondary N) is 2. The quantitative estimate of drug-likeness (QED) is 0.214. The van der Waals surface area contributed by atoms with Crippen LogP contribution >= 0.6 is 11.8 Å². The number of hydrogen-bond donors (Lipinski definition) is 2. The predicted octanol–water partition coefficient (Wildman–Crippen LogP) is 7.86. The lowest BCUT2D eigenvalue weighted by molar-refractivity contribution is -0.147. The van der Waals surface area contributed by atoms with Crippen LogP contribution in [0, 0.1) is 39.0 Å². The minimum Gasteiger partial charge on any atom is -0.358 e. The number of rotatable bonds is 8. The highest BCUT2D eigenvalue weighted by molar-refractivity contribution is 7.99. The third-order valence-electron chi connectivity index (χ3n) is 10.2. The van der Waals surface area contributed by atoms with Gasteiger partial charge in [-0.25, -0.2) is 0 Å². The largest absolute Gasteiger partial charge is 0.358 e. The molecular formula is C37H44N4O2S. The molecule has 6 rings (SSSR count). The van der Waals surface area contributed by atoms with Gasteiger partial charge >= 0.3 is 0 Å². The molecule has 1 saturated carbocycles. The van der Waals surface area contributed by atoms with E-state index in [4.69, 9.17) is 0 Å². The van der Waals surface area contributed by atoms with E-state index in [2.05, 4.69) is 79.4 Å². The molecule has 2 N–H and O–H groups in total. The summed E-state index contributed by atoms with van der Waals surface area (Å²) < 4.78 is 0. The Balaban J connectivity index is 1.35. The molecule has 2 fully saturated rings. The van der Waals surface area contributed by atoms with E-state index in [0.29, 0.717) is 25.8 Å². The van der Waals surface area contributed by atoms with Gasteiger partial charge in [-0.1, -0.05) is 55.8 Å². The zero-order valence-electron chi connectivity index (χ0n) is 26.8. The zero-order valence-corrected chi connectivity index (χ0v) is 27.6. The van der Waals surface area contributed by atoms with Crippen LogP contribution in [0.5, 0.6) is 0 Å². The van der Waals surface area contributed by atoms with Crippen LogP contribution in [-0.2, 0) is 16.1 Å². The molecule has 7 heteroatoms. The summed E-state index contributed by atoms with van der Waals surface area (Å²) in [7, 11) is 0. The smallest absolute Gasteiger partial charge is 0.250 e. The van der Waals surface area contributed by atoms with Crippen molar-refractivity contribution in [2.75, 3.05) is 16.8 Å². The molecule has 0 unspecified atom stereocenters. The Bertz CT molecular complexity index is 1680. The number of amides is 2. The highest BCUT2D eigenvalue weighted by atomic mass is 32.2. The van der Waals surface area contributed by atoms with Gasteiger partial charge in [0.15, 0.2) is 0 Å². The minimum atomic E-state index is -0.937. The fourth-order valence-electron chi connectivity index (χ4n) is 7.78. The van der Waals surface area contributed by atoms with Crippen LogP contribution in [0.15, 0.2) is 60.9 Å². The molecule has 0 radical (unpaired) electrons. The number of nitrogens with zero attached hydrogens (tertiary/aromatic N) is 2. The summed E-state index contributed by atoms with van der Waals surface area (Å²) in [5.41, 5.74) is 7.72. The first-order valence-corrected chi connectivity index (χ1v) is 16.9. The van der Waals surface area contributed by atoms with E-state index in [9.17, 15) is 9.59 Å². The number of thioether (sulfide) groups is 1. The zero-order chi connectivity index (χ0) is 31.2. The van der Waals surface area contributed by atoms with Gasteiger partial charge in [-0.3, -0.25) is 14.6 Å². The number of aryl methyl sites for hydroxylation is 4. The summed E-state index contributed by atoms with van der Waals surface area (Å²) in [5, 5.41) is 4.56. The van der Waals surface area contributed by atoms with Gasteiger partial charge in [0, 0.05) is 47.6 Å². The maximum absolute atomic E-state index is 14.7. The number of aromatic amines is 1. The van der Waals surface area contributed by atoms with Crippen molar-refractivity contribution in [1.29, 1.82) is 0 Å². The summed E-state index contributed by atoms with van der Waals surface area (Å²) in [6.07, 6.45) is 5.22. The number of H-pyrrole nitrogens is 1. The number of hydrogen-bond acceptors (Lipinski definition) is 4. The number of benzene rings is 2. The van der Waals surface area contributed by atoms with Gasteiger partial charge < -0.3 is 15.2 Å². The first kappa shape index (κ1) is 30.4. The van der Waals surface area contributed by atoms with Gasteiger partial charge in [-0.05, 0) is 104 Å². The van der Waals surface area contributed by atoms with Crippen molar-refractivity contribution in [3.8, 4) is 0 Å². The van der Waals surface area contributed by atoms with Gasteiger partial charge in [-0.15, -0.1) is 0 Å². The van der Waals surface area contributed by atoms with Crippen molar-refractivity contribution in [2.45, 2.75) is 78.8 Å². The summed E-state index contributed by atoms with van der Waals surface area (Å²) in [5.74, 6) is 2.09. The molecule has 2 aliphatic rings. The number of para-hydroxylation sites is 1. The van der Waals surface area contributed by atoms with Crippen molar-refractivity contribution < 1.29 is 9.59 Å². The van der Waals surface area contributed by atoms with Gasteiger partial charge in [-0.2, -0.15) is 11.8 Å². The maximum atomic E-state index is 14.7. The summed E-state index contributed by atoms with van der Waals surface area (Å²) in [6.45, 7) is 13.2. The Morgan fingerprint density at radius 1 is 1.02 bits per heavy atom. The van der Waals surface area contributed by atoms with Crippen molar-refractivity contribution in [3.63, 3.8) is 0 Å². The first-order chi connectivity index (χ1) is 21.0. The fraction of sp³-hybridized carbons (Fsp3) is 0.432. The Morgan fingerprint density at radius 3 is 2.41 bits per heavy atom. The second-order valence-electron chi connectivity index (χ2n) is 13.5. The molecule has 0 bridgehead atoms. The van der Waals surface area contributed by atoms with Gasteiger partial charge in [0.05, 0.1) is 0 Å². The normalized spacial score (nSPS) is 20.3. The number of pyridine rings is 1. The predicted molar refractivity (Wildman–Crippen MR) is 181 cm³/mol. The molecule has 4 aromatic rings. The molecule has 1 aliphatic carbocycles. The molecule has 2 aromatic carbocycles. The standard InChI is InChI=1S/C37H44N4O2S/c1-23-18-24(2)34(25(3)19-23)40-35(43)37(13-16-44-17-14-37)41(22-27-10-9-15-38-21-27)31(42)20-29-33(36(29,5)6)32-26(4)39-30-12-8-7-11-28(30)32/h7-12,15,18-19,21,29,33,39H,13-14,16-17,20,22H2,1-6H3,(H,40,43)/t29-,33-/m0/s1. The topological polar surface area (TPSA) is 78.1 Å². The van der Waals surface area contributed by atoms with E-state index in [1.54, 1.807) is 6.20 Å². The van der Waals surface area contributed by atoms with E-state index >= 15 is 0 Å². The second kappa shape index (κ2) is 11.7. The van der Waals surface area contributed by atoms with Gasteiger partial charge in [0.2, 0.25) is 11.8 Å². The average Bonchev–Trinajstić information content (AvgIpc) is 3.34. The number of anilines is 1. The highest BCUT2D eigenvalue weighted by Gasteiger charge is 2.60. The van der Waals surface area contributed by atoms with E-state index in [1.807, 2.05) is 48.8 Å². The van der Waals surface area contributed by atoms with Gasteiger partial charge in [0.25, 0.3) is 0 Å². The van der Waals surface area contributed by atoms with Crippen LogP contribution in [0.1, 0.15) is 72.5 Å². The lowest BCUT2D eigenvalue weighted by Gasteiger charge is -2.45. The minimum absolute atomic E-state index is 0.0285. The van der Waals surface area contributed by atoms with Crippen molar-refractivity contribution in [1.82, 2.24) is 14.9 Å². The lowest BCUT2D eigenvalue weighted by Crippen LogP contribution is -2.60. The third kappa shape index (κ3) is 5.44. The van der Waals surface area contributed by atoms with E-state index in [1.165, 1.54) is 22.2 Å². The van der Waals surface area contributed by atoms with Crippen LogP contribution in [-0.4, -0.2) is 43.7 Å². The van der Waals surface area contributed by atoms with Crippen LogP contribution in [0.4, 0.5) is 5.69 Å². The number of carbonyl (C=O) groups excluding carboxylic acids is 2. The molecule has 44 heavy (non-hydrogen) atoms. The van der Waals surface area contributed by atoms with Crippen molar-refractivity contribution >= 4 is 40.2 Å². The molecule has 2 amide bonds. The van der Waals surface area contributed by atoms with Crippen LogP contribution < -0.4 is 5.32 Å². The molecule has 3 heterocycles. The average molecular weight is 609 g/mol. The Kier molecular flexibility index (Phi) is 8.12. The van der Waals surface area contributed by atoms with Gasteiger partial charge in [0.1, 0.15) is 5.54 Å². The van der Waals surface area contributed by atoms with Crippen LogP contribution in [0.25, 0.3) is 10.9 Å². The van der Waals surface area contributed by atoms with Crippen molar-refractivity contribution in [2.24, 2.45) is 11.3 Å². The maximum Gasteiger partial charge on any atom is 0.250 e. The van der Waals surface area contributed by atoms with E-state index < -0.39 is 5.54 Å². The molecular weight excluding hydrogens is 565 g/mol. The molecule has 6 nitrogen and oxygen atoms in total. The van der Waals surface area contributed by atoms with E-state index in [0.717, 1.165) is 39.4 Å².